The van der Waals surface area contributed by atoms with E-state index in [1.807, 2.05) is 19.4 Å². The van der Waals surface area contributed by atoms with Gasteiger partial charge in [0.05, 0.1) is 6.42 Å². The molecule has 0 saturated carbocycles. The van der Waals surface area contributed by atoms with Crippen molar-refractivity contribution >= 4 is 44.3 Å². The van der Waals surface area contributed by atoms with Gasteiger partial charge in [0.25, 0.3) is 0 Å². The van der Waals surface area contributed by atoms with Crippen LogP contribution >= 0.6 is 33.1 Å². The van der Waals surface area contributed by atoms with Crippen LogP contribution in [0.4, 0.5) is 0 Å². The summed E-state index contributed by atoms with van der Waals surface area (Å²) in [4.78, 5) is 17.7. The molecule has 4 atom stereocenters. The van der Waals surface area contributed by atoms with Crippen LogP contribution in [0.1, 0.15) is 11.1 Å². The number of rotatable bonds is 2. The van der Waals surface area contributed by atoms with E-state index in [0.29, 0.717) is 6.42 Å². The molecule has 4 unspecified atom stereocenters. The highest BCUT2D eigenvalue weighted by molar-refractivity contribution is 8.63. The number of amides is 1. The van der Waals surface area contributed by atoms with Crippen molar-refractivity contribution in [2.45, 2.75) is 13.0 Å². The number of hydrogen-bond donors (Lipinski definition) is 0. The van der Waals surface area contributed by atoms with Crippen molar-refractivity contribution in [3.8, 4) is 0 Å². The summed E-state index contributed by atoms with van der Waals surface area (Å²) in [6.07, 6.45) is 4.29. The van der Waals surface area contributed by atoms with E-state index in [2.05, 4.69) is 22.8 Å². The summed E-state index contributed by atoms with van der Waals surface area (Å²) in [5.41, 5.74) is 2.42. The molecule has 2 rings (SSSR count). The highest BCUT2D eigenvalue weighted by atomic mass is 32.6. The number of carbonyl (C=O) groups excluding carboxylic acids is 1. The fourth-order valence-corrected chi connectivity index (χ4v) is 5.50. The van der Waals surface area contributed by atoms with Crippen molar-refractivity contribution in [3.63, 3.8) is 0 Å². The Morgan fingerprint density at radius 2 is 2.31 bits per heavy atom. The Labute approximate surface area is 103 Å². The Balaban J connectivity index is 2.44. The van der Waals surface area contributed by atoms with E-state index in [9.17, 15) is 4.79 Å². The second-order valence-corrected chi connectivity index (χ2v) is 12.8. The highest BCUT2D eigenvalue weighted by Gasteiger charge is 2.23. The van der Waals surface area contributed by atoms with Gasteiger partial charge in [0.1, 0.15) is 0 Å². The minimum Gasteiger partial charge on any atom is -0.341 e. The normalized spacial score (nSPS) is 17.9. The summed E-state index contributed by atoms with van der Waals surface area (Å²) < 4.78 is 0. The second-order valence-electron chi connectivity index (χ2n) is 3.72. The van der Waals surface area contributed by atoms with Crippen LogP contribution in [0, 0.1) is 0 Å². The molecule has 16 heavy (non-hydrogen) atoms. The van der Waals surface area contributed by atoms with Crippen LogP contribution in [-0.2, 0) is 17.8 Å². The van der Waals surface area contributed by atoms with Gasteiger partial charge in [0, 0.05) is 31.3 Å². The van der Waals surface area contributed by atoms with Crippen molar-refractivity contribution in [1.82, 2.24) is 9.88 Å². The number of hydrogen-bond acceptors (Lipinski definition) is 2. The molecule has 3 nitrogen and oxygen atoms in total. The quantitative estimate of drug-likeness (QED) is 0.779. The van der Waals surface area contributed by atoms with Crippen LogP contribution in [0.5, 0.6) is 0 Å². The Kier molecular flexibility index (Phi) is 4.26. The van der Waals surface area contributed by atoms with Crippen LogP contribution < -0.4 is 5.30 Å². The number of nitrogens with zero attached hydrogens (tertiary/aromatic N) is 2. The van der Waals surface area contributed by atoms with Gasteiger partial charge in [-0.25, -0.2) is 0 Å². The average Bonchev–Trinajstić information content (AvgIpc) is 2.29. The fourth-order valence-electron chi connectivity index (χ4n) is 1.75. The van der Waals surface area contributed by atoms with E-state index < -0.39 is 0 Å². The maximum Gasteiger partial charge on any atom is 0.227 e. The molecule has 1 aromatic heterocycles. The Hall–Kier alpha value is 0.340. The summed E-state index contributed by atoms with van der Waals surface area (Å²) in [6.45, 7) is 0.731. The molecule has 0 saturated heterocycles. The molecule has 1 amide bonds. The maximum absolute atomic E-state index is 11.6. The molecular formula is C9H14N2OP4. The molecule has 0 aliphatic carbocycles. The lowest BCUT2D eigenvalue weighted by molar-refractivity contribution is -0.130. The van der Waals surface area contributed by atoms with Gasteiger partial charge in [-0.05, 0) is 18.4 Å². The third kappa shape index (κ3) is 2.44. The third-order valence-electron chi connectivity index (χ3n) is 2.69. The van der Waals surface area contributed by atoms with Gasteiger partial charge in [-0.3, -0.25) is 9.78 Å². The van der Waals surface area contributed by atoms with Crippen molar-refractivity contribution in [2.24, 2.45) is 0 Å². The number of likely N-dealkylation sites (N-methyl/N-ethyl adjacent to an activating group) is 1. The molecule has 0 radical (unpaired) electrons. The lowest BCUT2D eigenvalue weighted by atomic mass is 10.0. The van der Waals surface area contributed by atoms with Gasteiger partial charge in [-0.2, -0.15) is 0 Å². The van der Waals surface area contributed by atoms with Crippen LogP contribution in [0.15, 0.2) is 12.4 Å². The average molecular weight is 290 g/mol. The van der Waals surface area contributed by atoms with Crippen LogP contribution in [-0.4, -0.2) is 22.8 Å². The van der Waals surface area contributed by atoms with Gasteiger partial charge < -0.3 is 4.90 Å². The lowest BCUT2D eigenvalue weighted by Crippen LogP contribution is -2.35. The first-order valence-electron chi connectivity index (χ1n) is 4.84. The van der Waals surface area contributed by atoms with Crippen molar-refractivity contribution in [3.05, 3.63) is 23.5 Å². The van der Waals surface area contributed by atoms with E-state index in [-0.39, 0.29) is 13.2 Å². The highest BCUT2D eigenvalue weighted by Crippen LogP contribution is 2.65. The molecule has 1 aromatic rings. The lowest BCUT2D eigenvalue weighted by Gasteiger charge is -2.27. The zero-order chi connectivity index (χ0) is 11.7. The second kappa shape index (κ2) is 5.32. The largest absolute Gasteiger partial charge is 0.341 e. The first-order chi connectivity index (χ1) is 7.63. The minimum atomic E-state index is -0.214. The first-order valence-corrected chi connectivity index (χ1v) is 11.5. The first kappa shape index (κ1) is 12.8. The molecular weight excluding hydrogens is 276 g/mol. The Morgan fingerprint density at radius 3 is 3.00 bits per heavy atom. The molecule has 0 aromatic carbocycles. The molecule has 0 spiro atoms. The minimum absolute atomic E-state index is 0.188. The summed E-state index contributed by atoms with van der Waals surface area (Å²) >= 11 is 0. The SMILES string of the molecule is CN1Cc2c(cncc2P(P)PP)CC1=O. The van der Waals surface area contributed by atoms with Gasteiger partial charge >= 0.3 is 0 Å². The van der Waals surface area contributed by atoms with Gasteiger partial charge in [0.15, 0.2) is 0 Å². The number of carbonyl (C=O) groups is 1. The number of pyridine rings is 1. The van der Waals surface area contributed by atoms with Crippen LogP contribution in [0.2, 0.25) is 0 Å². The third-order valence-corrected chi connectivity index (χ3v) is 12.8. The van der Waals surface area contributed by atoms with Gasteiger partial charge in [-0.15, -0.1) is 17.9 Å². The number of fused-ring (bicyclic) bond motifs is 1. The molecule has 0 fully saturated rings. The Bertz CT molecular complexity index is 426. The van der Waals surface area contributed by atoms with E-state index in [1.54, 1.807) is 4.90 Å². The molecule has 0 bridgehead atoms. The fraction of sp³-hybridized carbons (Fsp3) is 0.333. The maximum atomic E-state index is 11.6. The smallest absolute Gasteiger partial charge is 0.227 e. The summed E-state index contributed by atoms with van der Waals surface area (Å²) in [6, 6.07) is 0. The van der Waals surface area contributed by atoms with E-state index >= 15 is 0 Å². The predicted molar refractivity (Wildman–Crippen MR) is 78.7 cm³/mol. The zero-order valence-corrected chi connectivity index (χ0v) is 13.2. The standard InChI is InChI=1S/C9H14N2OP4/c1-11-5-7-6(2-9(11)12)3-10-4-8(7)16(14)15-13/h3-4,15H,2,5,13-14H2,1H3. The van der Waals surface area contributed by atoms with E-state index in [0.717, 1.165) is 20.1 Å². The van der Waals surface area contributed by atoms with Crippen molar-refractivity contribution in [2.75, 3.05) is 7.05 Å². The molecule has 1 aliphatic rings. The van der Waals surface area contributed by atoms with Gasteiger partial charge in [0.2, 0.25) is 5.91 Å². The van der Waals surface area contributed by atoms with E-state index in [1.165, 1.54) is 10.9 Å². The predicted octanol–water partition coefficient (Wildman–Crippen LogP) is 1.88. The summed E-state index contributed by atoms with van der Waals surface area (Å²) in [5.74, 6) is 0.188. The Morgan fingerprint density at radius 1 is 1.56 bits per heavy atom. The van der Waals surface area contributed by atoms with Crippen LogP contribution in [0.25, 0.3) is 0 Å². The molecule has 2 heterocycles. The van der Waals surface area contributed by atoms with Gasteiger partial charge in [-0.1, -0.05) is 7.96 Å². The summed E-state index contributed by atoms with van der Waals surface area (Å²) in [7, 11) is 8.18. The molecule has 0 N–H and O–H groups in total. The monoisotopic (exact) mass is 290 g/mol. The molecule has 86 valence electrons. The zero-order valence-electron chi connectivity index (χ0n) is 8.97. The topological polar surface area (TPSA) is 33.2 Å². The van der Waals surface area contributed by atoms with E-state index in [4.69, 9.17) is 0 Å². The molecule has 7 heteroatoms. The van der Waals surface area contributed by atoms with Crippen molar-refractivity contribution < 1.29 is 4.79 Å². The van der Waals surface area contributed by atoms with Crippen molar-refractivity contribution in [1.29, 1.82) is 0 Å². The summed E-state index contributed by atoms with van der Waals surface area (Å²) in [5, 5.41) is 1.32. The van der Waals surface area contributed by atoms with Crippen LogP contribution in [0.3, 0.4) is 0 Å². The number of aromatic nitrogens is 1. The molecule has 1 aliphatic heterocycles.